The van der Waals surface area contributed by atoms with Gasteiger partial charge in [-0.1, -0.05) is 55.1 Å². The van der Waals surface area contributed by atoms with Gasteiger partial charge in [0.25, 0.3) is 0 Å². The Morgan fingerprint density at radius 2 is 1.94 bits per heavy atom. The van der Waals surface area contributed by atoms with Crippen molar-refractivity contribution >= 4 is 0 Å². The first-order chi connectivity index (χ1) is 7.90. The van der Waals surface area contributed by atoms with Gasteiger partial charge in [0.2, 0.25) is 0 Å². The van der Waals surface area contributed by atoms with Gasteiger partial charge in [-0.15, -0.1) is 0 Å². The van der Waals surface area contributed by atoms with Crippen molar-refractivity contribution in [3.63, 3.8) is 0 Å². The van der Waals surface area contributed by atoms with Crippen LogP contribution in [0, 0.1) is 0 Å². The molecule has 1 aromatic carbocycles. The molecule has 0 spiro atoms. The second-order valence-electron chi connectivity index (χ2n) is 3.66. The summed E-state index contributed by atoms with van der Waals surface area (Å²) < 4.78 is 0. The number of hydrogen-bond acceptors (Lipinski definition) is 1. The van der Waals surface area contributed by atoms with Gasteiger partial charge in [0, 0.05) is 18.3 Å². The molecular weight excluding hydrogens is 194 g/mol. The molecular formula is C15H15N. The summed E-state index contributed by atoms with van der Waals surface area (Å²) in [6.45, 7) is 3.84. The summed E-state index contributed by atoms with van der Waals surface area (Å²) in [4.78, 5) is 0. The standard InChI is InChI=1S/C15H15N/c1-2-14-10-6-7-11-16-15(14)12-13-8-4-3-5-9-13/h2-11,16H,1,12H2. The second-order valence-corrected chi connectivity index (χ2v) is 3.66. The van der Waals surface area contributed by atoms with E-state index in [0.717, 1.165) is 12.0 Å². The van der Waals surface area contributed by atoms with Crippen molar-refractivity contribution in [1.82, 2.24) is 5.32 Å². The maximum absolute atomic E-state index is 3.84. The van der Waals surface area contributed by atoms with E-state index in [1.54, 1.807) is 0 Å². The molecule has 16 heavy (non-hydrogen) atoms. The van der Waals surface area contributed by atoms with E-state index in [-0.39, 0.29) is 0 Å². The van der Waals surface area contributed by atoms with Gasteiger partial charge in [-0.05, 0) is 17.2 Å². The van der Waals surface area contributed by atoms with E-state index in [9.17, 15) is 0 Å². The lowest BCUT2D eigenvalue weighted by molar-refractivity contribution is 0.960. The maximum atomic E-state index is 3.84. The van der Waals surface area contributed by atoms with Gasteiger partial charge in [-0.2, -0.15) is 0 Å². The van der Waals surface area contributed by atoms with Crippen molar-refractivity contribution in [3.8, 4) is 0 Å². The quantitative estimate of drug-likeness (QED) is 0.805. The van der Waals surface area contributed by atoms with Gasteiger partial charge in [0.15, 0.2) is 0 Å². The Hall–Kier alpha value is -2.02. The third kappa shape index (κ3) is 2.51. The fourth-order valence-corrected chi connectivity index (χ4v) is 1.69. The minimum atomic E-state index is 0.900. The van der Waals surface area contributed by atoms with Crippen LogP contribution in [0.15, 0.2) is 78.7 Å². The average Bonchev–Trinajstić information content (AvgIpc) is 2.55. The first kappa shape index (κ1) is 10.5. The number of allylic oxidation sites excluding steroid dienone is 6. The van der Waals surface area contributed by atoms with Crippen molar-refractivity contribution < 1.29 is 0 Å². The molecule has 1 aliphatic heterocycles. The summed E-state index contributed by atoms with van der Waals surface area (Å²) in [5.74, 6) is 0. The van der Waals surface area contributed by atoms with E-state index in [1.165, 1.54) is 11.3 Å². The van der Waals surface area contributed by atoms with Crippen LogP contribution in [0.5, 0.6) is 0 Å². The molecule has 1 heteroatoms. The minimum Gasteiger partial charge on any atom is -0.364 e. The SMILES string of the molecule is C=CC1=C(Cc2ccccc2)NC=CC=C1. The zero-order valence-electron chi connectivity index (χ0n) is 9.19. The highest BCUT2D eigenvalue weighted by Gasteiger charge is 2.03. The summed E-state index contributed by atoms with van der Waals surface area (Å²) in [6, 6.07) is 10.4. The summed E-state index contributed by atoms with van der Waals surface area (Å²) in [5.41, 5.74) is 3.63. The highest BCUT2D eigenvalue weighted by molar-refractivity contribution is 5.40. The second kappa shape index (κ2) is 5.17. The van der Waals surface area contributed by atoms with E-state index in [0.29, 0.717) is 0 Å². The number of hydrogen-bond donors (Lipinski definition) is 1. The van der Waals surface area contributed by atoms with Gasteiger partial charge >= 0.3 is 0 Å². The normalized spacial score (nSPS) is 14.5. The van der Waals surface area contributed by atoms with Crippen LogP contribution in [0.25, 0.3) is 0 Å². The first-order valence-electron chi connectivity index (χ1n) is 5.39. The van der Waals surface area contributed by atoms with Crippen molar-refractivity contribution in [2.24, 2.45) is 0 Å². The van der Waals surface area contributed by atoms with Gasteiger partial charge in [0.1, 0.15) is 0 Å². The Balaban J connectivity index is 2.25. The molecule has 1 nitrogen and oxygen atoms in total. The summed E-state index contributed by atoms with van der Waals surface area (Å²) in [6.07, 6.45) is 10.8. The van der Waals surface area contributed by atoms with Gasteiger partial charge in [-0.3, -0.25) is 0 Å². The van der Waals surface area contributed by atoms with E-state index >= 15 is 0 Å². The highest BCUT2D eigenvalue weighted by atomic mass is 14.9. The van der Waals surface area contributed by atoms with E-state index in [4.69, 9.17) is 0 Å². The molecule has 1 aliphatic rings. The molecule has 0 radical (unpaired) electrons. The molecule has 0 saturated carbocycles. The van der Waals surface area contributed by atoms with Crippen molar-refractivity contribution in [2.45, 2.75) is 6.42 Å². The minimum absolute atomic E-state index is 0.900. The lowest BCUT2D eigenvalue weighted by Crippen LogP contribution is -2.09. The van der Waals surface area contributed by atoms with Crippen molar-refractivity contribution in [2.75, 3.05) is 0 Å². The molecule has 1 heterocycles. The van der Waals surface area contributed by atoms with Crippen LogP contribution in [0.4, 0.5) is 0 Å². The van der Waals surface area contributed by atoms with E-state index in [1.807, 2.05) is 30.5 Å². The van der Waals surface area contributed by atoms with Crippen LogP contribution >= 0.6 is 0 Å². The van der Waals surface area contributed by atoms with Crippen LogP contribution in [0.2, 0.25) is 0 Å². The molecule has 2 rings (SSSR count). The van der Waals surface area contributed by atoms with Crippen LogP contribution in [-0.2, 0) is 6.42 Å². The summed E-state index contributed by atoms with van der Waals surface area (Å²) in [5, 5.41) is 3.30. The van der Waals surface area contributed by atoms with Crippen molar-refractivity contribution in [3.05, 3.63) is 84.2 Å². The Bertz CT molecular complexity index is 450. The lowest BCUT2D eigenvalue weighted by atomic mass is 10.1. The van der Waals surface area contributed by atoms with E-state index < -0.39 is 0 Å². The molecule has 1 N–H and O–H groups in total. The third-order valence-corrected chi connectivity index (χ3v) is 2.53. The number of nitrogens with one attached hydrogen (secondary N) is 1. The third-order valence-electron chi connectivity index (χ3n) is 2.53. The Morgan fingerprint density at radius 1 is 1.12 bits per heavy atom. The molecule has 0 aromatic heterocycles. The number of benzene rings is 1. The van der Waals surface area contributed by atoms with Gasteiger partial charge in [-0.25, -0.2) is 0 Å². The highest BCUT2D eigenvalue weighted by Crippen LogP contribution is 2.13. The lowest BCUT2D eigenvalue weighted by Gasteiger charge is -2.09. The summed E-state index contributed by atoms with van der Waals surface area (Å²) >= 11 is 0. The molecule has 0 fully saturated rings. The molecule has 1 aromatic rings. The monoisotopic (exact) mass is 209 g/mol. The predicted octanol–water partition coefficient (Wildman–Crippen LogP) is 3.34. The topological polar surface area (TPSA) is 12.0 Å². The smallest absolute Gasteiger partial charge is 0.0264 e. The van der Waals surface area contributed by atoms with Gasteiger partial charge < -0.3 is 5.32 Å². The fraction of sp³-hybridized carbons (Fsp3) is 0.0667. The van der Waals surface area contributed by atoms with Crippen LogP contribution in [0.1, 0.15) is 5.56 Å². The first-order valence-corrected chi connectivity index (χ1v) is 5.39. The zero-order chi connectivity index (χ0) is 11.2. The maximum Gasteiger partial charge on any atom is 0.0264 e. The molecule has 0 unspecified atom stereocenters. The van der Waals surface area contributed by atoms with Crippen LogP contribution in [0.3, 0.4) is 0 Å². The molecule has 0 atom stereocenters. The van der Waals surface area contributed by atoms with Crippen molar-refractivity contribution in [1.29, 1.82) is 0 Å². The zero-order valence-corrected chi connectivity index (χ0v) is 9.19. The van der Waals surface area contributed by atoms with E-state index in [2.05, 4.69) is 42.2 Å². The Kier molecular flexibility index (Phi) is 3.39. The Labute approximate surface area is 96.5 Å². The summed E-state index contributed by atoms with van der Waals surface area (Å²) in [7, 11) is 0. The Morgan fingerprint density at radius 3 is 2.69 bits per heavy atom. The number of rotatable bonds is 3. The molecule has 80 valence electrons. The molecule has 0 aliphatic carbocycles. The molecule has 0 amide bonds. The largest absolute Gasteiger partial charge is 0.364 e. The van der Waals surface area contributed by atoms with Crippen LogP contribution < -0.4 is 5.32 Å². The average molecular weight is 209 g/mol. The van der Waals surface area contributed by atoms with Crippen LogP contribution in [-0.4, -0.2) is 0 Å². The fourth-order valence-electron chi connectivity index (χ4n) is 1.69. The van der Waals surface area contributed by atoms with Gasteiger partial charge in [0.05, 0.1) is 0 Å². The molecule has 0 bridgehead atoms. The predicted molar refractivity (Wildman–Crippen MR) is 68.8 cm³/mol. The molecule has 0 saturated heterocycles.